The number of carbonyl (C=O) groups is 1. The number of hydrogen-bond acceptors (Lipinski definition) is 5. The molecule has 0 saturated carbocycles. The van der Waals surface area contributed by atoms with E-state index >= 15 is 0 Å². The molecule has 0 bridgehead atoms. The fourth-order valence-corrected chi connectivity index (χ4v) is 3.68. The van der Waals surface area contributed by atoms with E-state index in [2.05, 4.69) is 14.4 Å². The molecule has 22 heavy (non-hydrogen) atoms. The Morgan fingerprint density at radius 1 is 1.18 bits per heavy atom. The van der Waals surface area contributed by atoms with Crippen molar-refractivity contribution >= 4 is 21.9 Å². The molecule has 1 N–H and O–H groups in total. The number of rotatable bonds is 5. The smallest absolute Gasteiger partial charge is 0.323 e. The zero-order valence-electron chi connectivity index (χ0n) is 12.7. The molecule has 1 aromatic rings. The molecule has 122 valence electrons. The summed E-state index contributed by atoms with van der Waals surface area (Å²) in [7, 11) is -2.46. The maximum atomic E-state index is 12.2. The number of esters is 1. The predicted molar refractivity (Wildman–Crippen MR) is 83.8 cm³/mol. The van der Waals surface area contributed by atoms with Crippen LogP contribution in [0.3, 0.4) is 0 Å². The minimum absolute atomic E-state index is 0.373. The predicted octanol–water partition coefficient (Wildman–Crippen LogP) is 0.205. The summed E-state index contributed by atoms with van der Waals surface area (Å²) in [6, 6.07) is 8.96. The van der Waals surface area contributed by atoms with Crippen LogP contribution in [-0.4, -0.2) is 58.0 Å². The number of carbonyl (C=O) groups excluding carboxylic acids is 1. The van der Waals surface area contributed by atoms with E-state index in [9.17, 15) is 13.2 Å². The van der Waals surface area contributed by atoms with Gasteiger partial charge in [0.2, 0.25) is 0 Å². The minimum atomic E-state index is -3.69. The SMILES string of the molecule is COC(=O)[C@@H](C)NS(=O)(=O)N1CCN(c2ccccc2)CC1. The van der Waals surface area contributed by atoms with Gasteiger partial charge in [-0.2, -0.15) is 17.4 Å². The van der Waals surface area contributed by atoms with Crippen LogP contribution in [0.15, 0.2) is 30.3 Å². The van der Waals surface area contributed by atoms with Crippen LogP contribution in [0, 0.1) is 0 Å². The van der Waals surface area contributed by atoms with Crippen LogP contribution < -0.4 is 9.62 Å². The van der Waals surface area contributed by atoms with E-state index < -0.39 is 22.2 Å². The van der Waals surface area contributed by atoms with Gasteiger partial charge in [-0.25, -0.2) is 0 Å². The molecule has 1 aromatic carbocycles. The Hall–Kier alpha value is -1.64. The van der Waals surface area contributed by atoms with Crippen molar-refractivity contribution in [2.24, 2.45) is 0 Å². The molecule has 1 atom stereocenters. The number of ether oxygens (including phenoxy) is 1. The molecule has 1 fully saturated rings. The molecule has 1 aliphatic heterocycles. The second kappa shape index (κ2) is 7.08. The zero-order valence-corrected chi connectivity index (χ0v) is 13.5. The van der Waals surface area contributed by atoms with Crippen molar-refractivity contribution in [3.8, 4) is 0 Å². The monoisotopic (exact) mass is 327 g/mol. The topological polar surface area (TPSA) is 78.9 Å². The number of nitrogens with zero attached hydrogens (tertiary/aromatic N) is 2. The first-order valence-corrected chi connectivity index (χ1v) is 8.53. The van der Waals surface area contributed by atoms with E-state index in [1.54, 1.807) is 0 Å². The Labute approximate surface area is 131 Å². The molecular weight excluding hydrogens is 306 g/mol. The molecule has 0 amide bonds. The highest BCUT2D eigenvalue weighted by molar-refractivity contribution is 7.87. The summed E-state index contributed by atoms with van der Waals surface area (Å²) in [6.45, 7) is 3.43. The van der Waals surface area contributed by atoms with E-state index in [1.165, 1.54) is 18.3 Å². The number of nitrogens with one attached hydrogen (secondary N) is 1. The second-order valence-electron chi connectivity index (χ2n) is 5.09. The zero-order chi connectivity index (χ0) is 16.2. The van der Waals surface area contributed by atoms with Gasteiger partial charge in [0.25, 0.3) is 10.2 Å². The van der Waals surface area contributed by atoms with Gasteiger partial charge < -0.3 is 9.64 Å². The van der Waals surface area contributed by atoms with Gasteiger partial charge in [0.05, 0.1) is 7.11 Å². The average molecular weight is 327 g/mol. The highest BCUT2D eigenvalue weighted by Crippen LogP contribution is 2.16. The van der Waals surface area contributed by atoms with Crippen molar-refractivity contribution in [2.75, 3.05) is 38.2 Å². The maximum Gasteiger partial charge on any atom is 0.323 e. The summed E-state index contributed by atoms with van der Waals surface area (Å²) in [4.78, 5) is 13.5. The highest BCUT2D eigenvalue weighted by Gasteiger charge is 2.30. The lowest BCUT2D eigenvalue weighted by Crippen LogP contribution is -2.54. The van der Waals surface area contributed by atoms with E-state index in [0.717, 1.165) is 5.69 Å². The quantitative estimate of drug-likeness (QED) is 0.782. The first-order valence-electron chi connectivity index (χ1n) is 7.09. The van der Waals surface area contributed by atoms with Crippen LogP contribution in [0.2, 0.25) is 0 Å². The molecule has 1 saturated heterocycles. The molecule has 0 unspecified atom stereocenters. The van der Waals surface area contributed by atoms with Crippen molar-refractivity contribution in [3.63, 3.8) is 0 Å². The Morgan fingerprint density at radius 3 is 2.32 bits per heavy atom. The van der Waals surface area contributed by atoms with E-state index in [4.69, 9.17) is 0 Å². The van der Waals surface area contributed by atoms with Crippen LogP contribution >= 0.6 is 0 Å². The molecule has 2 rings (SSSR count). The normalized spacial score (nSPS) is 18.0. The van der Waals surface area contributed by atoms with Crippen molar-refractivity contribution in [2.45, 2.75) is 13.0 Å². The standard InChI is InChI=1S/C14H21N3O4S/c1-12(14(18)21-2)15-22(19,20)17-10-8-16(9-11-17)13-6-4-3-5-7-13/h3-7,12,15H,8-11H2,1-2H3/t12-/m1/s1. The number of anilines is 1. The summed E-state index contributed by atoms with van der Waals surface area (Å²) in [5.74, 6) is -0.605. The Morgan fingerprint density at radius 2 is 1.77 bits per heavy atom. The number of para-hydroxylation sites is 1. The van der Waals surface area contributed by atoms with Crippen LogP contribution in [-0.2, 0) is 19.7 Å². The number of methoxy groups -OCH3 is 1. The number of hydrogen-bond donors (Lipinski definition) is 1. The Bertz CT molecular complexity index is 598. The summed E-state index contributed by atoms with van der Waals surface area (Å²) in [6.07, 6.45) is 0. The lowest BCUT2D eigenvalue weighted by Gasteiger charge is -2.35. The van der Waals surface area contributed by atoms with Gasteiger partial charge in [-0.05, 0) is 19.1 Å². The minimum Gasteiger partial charge on any atom is -0.468 e. The van der Waals surface area contributed by atoms with Crippen LogP contribution in [0.1, 0.15) is 6.92 Å². The van der Waals surface area contributed by atoms with E-state index in [1.807, 2.05) is 30.3 Å². The Balaban J connectivity index is 1.94. The molecule has 1 heterocycles. The number of piperazine rings is 1. The molecule has 0 spiro atoms. The van der Waals surface area contributed by atoms with Crippen LogP contribution in [0.4, 0.5) is 5.69 Å². The molecule has 0 aromatic heterocycles. The summed E-state index contributed by atoms with van der Waals surface area (Å²) < 4.78 is 32.7. The van der Waals surface area contributed by atoms with Crippen molar-refractivity contribution in [1.29, 1.82) is 0 Å². The van der Waals surface area contributed by atoms with Crippen molar-refractivity contribution < 1.29 is 17.9 Å². The van der Waals surface area contributed by atoms with Gasteiger partial charge in [-0.15, -0.1) is 0 Å². The third kappa shape index (κ3) is 3.96. The third-order valence-electron chi connectivity index (χ3n) is 3.58. The van der Waals surface area contributed by atoms with Crippen molar-refractivity contribution in [1.82, 2.24) is 9.03 Å². The van der Waals surface area contributed by atoms with Gasteiger partial charge in [-0.3, -0.25) is 4.79 Å². The maximum absolute atomic E-state index is 12.2. The average Bonchev–Trinajstić information content (AvgIpc) is 2.54. The fraction of sp³-hybridized carbons (Fsp3) is 0.500. The van der Waals surface area contributed by atoms with Gasteiger partial charge in [0.15, 0.2) is 0 Å². The van der Waals surface area contributed by atoms with Gasteiger partial charge >= 0.3 is 5.97 Å². The summed E-state index contributed by atoms with van der Waals surface area (Å²) in [5.41, 5.74) is 1.08. The second-order valence-corrected chi connectivity index (χ2v) is 6.79. The lowest BCUT2D eigenvalue weighted by atomic mass is 10.2. The first kappa shape index (κ1) is 16.7. The molecule has 8 heteroatoms. The molecule has 1 aliphatic rings. The van der Waals surface area contributed by atoms with Gasteiger partial charge in [0, 0.05) is 31.9 Å². The van der Waals surface area contributed by atoms with Crippen molar-refractivity contribution in [3.05, 3.63) is 30.3 Å². The molecule has 7 nitrogen and oxygen atoms in total. The van der Waals surface area contributed by atoms with Crippen LogP contribution in [0.25, 0.3) is 0 Å². The Kier molecular flexibility index (Phi) is 5.38. The van der Waals surface area contributed by atoms with Gasteiger partial charge in [-0.1, -0.05) is 18.2 Å². The van der Waals surface area contributed by atoms with Gasteiger partial charge in [0.1, 0.15) is 6.04 Å². The van der Waals surface area contributed by atoms with E-state index in [-0.39, 0.29) is 0 Å². The summed E-state index contributed by atoms with van der Waals surface area (Å²) >= 11 is 0. The fourth-order valence-electron chi connectivity index (χ4n) is 2.35. The largest absolute Gasteiger partial charge is 0.468 e. The number of benzene rings is 1. The molecular formula is C14H21N3O4S. The highest BCUT2D eigenvalue weighted by atomic mass is 32.2. The molecule has 0 radical (unpaired) electrons. The molecule has 0 aliphatic carbocycles. The first-order chi connectivity index (χ1) is 10.4. The lowest BCUT2D eigenvalue weighted by molar-refractivity contribution is -0.142. The van der Waals surface area contributed by atoms with Crippen LogP contribution in [0.5, 0.6) is 0 Å². The van der Waals surface area contributed by atoms with E-state index in [0.29, 0.717) is 26.2 Å². The summed E-state index contributed by atoms with van der Waals surface area (Å²) in [5, 5.41) is 0. The third-order valence-corrected chi connectivity index (χ3v) is 5.28.